The highest BCUT2D eigenvalue weighted by Gasteiger charge is 2.07. The molecule has 0 aliphatic heterocycles. The third-order valence-electron chi connectivity index (χ3n) is 2.95. The molecule has 2 rings (SSSR count). The number of hydrogen-bond acceptors (Lipinski definition) is 3. The summed E-state index contributed by atoms with van der Waals surface area (Å²) in [6.45, 7) is 2.45. The van der Waals surface area contributed by atoms with Gasteiger partial charge in [0.1, 0.15) is 11.6 Å². The number of benzene rings is 1. The maximum absolute atomic E-state index is 6.01. The number of methoxy groups -OCH3 is 1. The second kappa shape index (κ2) is 7.76. The summed E-state index contributed by atoms with van der Waals surface area (Å²) in [5.74, 6) is 1.46. The molecular formula is C15H15BrClN3OS. The summed E-state index contributed by atoms with van der Waals surface area (Å²) < 4.78 is 5.89. The van der Waals surface area contributed by atoms with Crippen molar-refractivity contribution in [2.24, 2.45) is 0 Å². The number of aryl methyl sites for hydroxylation is 1. The van der Waals surface area contributed by atoms with Crippen molar-refractivity contribution in [3.63, 3.8) is 0 Å². The third kappa shape index (κ3) is 4.56. The van der Waals surface area contributed by atoms with Gasteiger partial charge in [-0.05, 0) is 58.8 Å². The SMILES string of the molecule is COc1ccc(CNC(=S)Nc2nc(C)c(Cl)cc2Br)cc1. The molecule has 0 unspecified atom stereocenters. The van der Waals surface area contributed by atoms with Crippen LogP contribution in [0.15, 0.2) is 34.8 Å². The van der Waals surface area contributed by atoms with Crippen LogP contribution in [0.3, 0.4) is 0 Å². The molecule has 0 spiro atoms. The zero-order valence-electron chi connectivity index (χ0n) is 12.1. The zero-order chi connectivity index (χ0) is 16.1. The fourth-order valence-electron chi connectivity index (χ4n) is 1.72. The van der Waals surface area contributed by atoms with Gasteiger partial charge in [0.25, 0.3) is 0 Å². The van der Waals surface area contributed by atoms with Crippen molar-refractivity contribution in [2.45, 2.75) is 13.5 Å². The Balaban J connectivity index is 1.94. The smallest absolute Gasteiger partial charge is 0.172 e. The molecule has 7 heteroatoms. The number of nitrogens with one attached hydrogen (secondary N) is 2. The van der Waals surface area contributed by atoms with E-state index in [-0.39, 0.29) is 0 Å². The first-order valence-electron chi connectivity index (χ1n) is 6.50. The molecule has 116 valence electrons. The number of anilines is 1. The molecule has 0 radical (unpaired) electrons. The fourth-order valence-corrected chi connectivity index (χ4v) is 2.59. The number of nitrogens with zero attached hydrogens (tertiary/aromatic N) is 1. The van der Waals surface area contributed by atoms with Crippen LogP contribution in [-0.4, -0.2) is 17.2 Å². The Bertz CT molecular complexity index is 679. The van der Waals surface area contributed by atoms with Gasteiger partial charge in [-0.25, -0.2) is 4.98 Å². The van der Waals surface area contributed by atoms with Crippen molar-refractivity contribution in [2.75, 3.05) is 12.4 Å². The summed E-state index contributed by atoms with van der Waals surface area (Å²) in [5, 5.41) is 7.28. The predicted octanol–water partition coefficient (Wildman–Crippen LogP) is 4.30. The summed E-state index contributed by atoms with van der Waals surface area (Å²) >= 11 is 14.7. The molecule has 22 heavy (non-hydrogen) atoms. The summed E-state index contributed by atoms with van der Waals surface area (Å²) in [6.07, 6.45) is 0. The second-order valence-electron chi connectivity index (χ2n) is 4.54. The Morgan fingerprint density at radius 3 is 2.68 bits per heavy atom. The number of halogens is 2. The minimum Gasteiger partial charge on any atom is -0.497 e. The van der Waals surface area contributed by atoms with E-state index < -0.39 is 0 Å². The van der Waals surface area contributed by atoms with Crippen molar-refractivity contribution >= 4 is 50.7 Å². The van der Waals surface area contributed by atoms with E-state index in [1.54, 1.807) is 13.2 Å². The topological polar surface area (TPSA) is 46.2 Å². The Morgan fingerprint density at radius 2 is 2.05 bits per heavy atom. The van der Waals surface area contributed by atoms with Crippen LogP contribution < -0.4 is 15.4 Å². The van der Waals surface area contributed by atoms with Crippen LogP contribution in [0.2, 0.25) is 5.02 Å². The first kappa shape index (κ1) is 17.0. The van der Waals surface area contributed by atoms with E-state index in [0.717, 1.165) is 21.5 Å². The molecule has 1 heterocycles. The molecule has 1 aromatic heterocycles. The van der Waals surface area contributed by atoms with E-state index in [1.165, 1.54) is 0 Å². The first-order valence-corrected chi connectivity index (χ1v) is 8.08. The molecule has 0 aliphatic rings. The highest BCUT2D eigenvalue weighted by Crippen LogP contribution is 2.25. The van der Waals surface area contributed by atoms with Gasteiger partial charge in [-0.2, -0.15) is 0 Å². The monoisotopic (exact) mass is 399 g/mol. The van der Waals surface area contributed by atoms with E-state index in [4.69, 9.17) is 28.6 Å². The lowest BCUT2D eigenvalue weighted by atomic mass is 10.2. The lowest BCUT2D eigenvalue weighted by Crippen LogP contribution is -2.28. The Kier molecular flexibility index (Phi) is 5.99. The fraction of sp³-hybridized carbons (Fsp3) is 0.200. The van der Waals surface area contributed by atoms with Gasteiger partial charge in [0.2, 0.25) is 0 Å². The standard InChI is InChI=1S/C15H15BrClN3OS/c1-9-13(17)7-12(16)14(19-9)20-15(22)18-8-10-3-5-11(21-2)6-4-10/h3-7H,8H2,1-2H3,(H2,18,19,20,22). The molecule has 0 aliphatic carbocycles. The van der Waals surface area contributed by atoms with Crippen LogP contribution >= 0.6 is 39.7 Å². The van der Waals surface area contributed by atoms with Crippen LogP contribution in [0.4, 0.5) is 5.82 Å². The van der Waals surface area contributed by atoms with Gasteiger partial charge in [0.15, 0.2) is 5.11 Å². The van der Waals surface area contributed by atoms with Crippen molar-refractivity contribution < 1.29 is 4.74 Å². The Labute approximate surface area is 148 Å². The highest BCUT2D eigenvalue weighted by molar-refractivity contribution is 9.10. The quantitative estimate of drug-likeness (QED) is 0.749. The van der Waals surface area contributed by atoms with E-state index in [9.17, 15) is 0 Å². The van der Waals surface area contributed by atoms with E-state index in [2.05, 4.69) is 31.5 Å². The normalized spacial score (nSPS) is 10.2. The summed E-state index contributed by atoms with van der Waals surface area (Å²) in [6, 6.07) is 9.57. The van der Waals surface area contributed by atoms with Crippen LogP contribution in [0, 0.1) is 6.92 Å². The third-order valence-corrected chi connectivity index (χ3v) is 4.18. The van der Waals surface area contributed by atoms with Gasteiger partial charge < -0.3 is 15.4 Å². The highest BCUT2D eigenvalue weighted by atomic mass is 79.9. The van der Waals surface area contributed by atoms with Crippen LogP contribution in [0.5, 0.6) is 5.75 Å². The molecule has 2 N–H and O–H groups in total. The average molecular weight is 401 g/mol. The second-order valence-corrected chi connectivity index (χ2v) is 6.21. The van der Waals surface area contributed by atoms with Gasteiger partial charge >= 0.3 is 0 Å². The molecular weight excluding hydrogens is 386 g/mol. The summed E-state index contributed by atoms with van der Waals surface area (Å²) in [4.78, 5) is 4.36. The predicted molar refractivity (Wildman–Crippen MR) is 97.7 cm³/mol. The number of hydrogen-bond donors (Lipinski definition) is 2. The van der Waals surface area contributed by atoms with E-state index in [1.807, 2.05) is 31.2 Å². The molecule has 0 atom stereocenters. The van der Waals surface area contributed by atoms with Gasteiger partial charge in [-0.3, -0.25) is 0 Å². The van der Waals surface area contributed by atoms with Gasteiger partial charge in [0, 0.05) is 6.54 Å². The average Bonchev–Trinajstić information content (AvgIpc) is 2.51. The Hall–Kier alpha value is -1.37. The molecule has 2 aromatic rings. The minimum atomic E-state index is 0.491. The number of rotatable bonds is 4. The number of thiocarbonyl (C=S) groups is 1. The molecule has 0 saturated heterocycles. The minimum absolute atomic E-state index is 0.491. The maximum atomic E-state index is 6.01. The summed E-state index contributed by atoms with van der Waals surface area (Å²) in [7, 11) is 1.64. The van der Waals surface area contributed by atoms with E-state index in [0.29, 0.717) is 22.5 Å². The van der Waals surface area contributed by atoms with Crippen molar-refractivity contribution in [1.29, 1.82) is 0 Å². The van der Waals surface area contributed by atoms with Crippen molar-refractivity contribution in [1.82, 2.24) is 10.3 Å². The first-order chi connectivity index (χ1) is 10.5. The van der Waals surface area contributed by atoms with Gasteiger partial charge in [0.05, 0.1) is 22.3 Å². The summed E-state index contributed by atoms with van der Waals surface area (Å²) in [5.41, 5.74) is 1.84. The number of aromatic nitrogens is 1. The number of pyridine rings is 1. The molecule has 0 fully saturated rings. The van der Waals surface area contributed by atoms with Crippen molar-refractivity contribution in [3.05, 3.63) is 51.1 Å². The molecule has 0 saturated carbocycles. The van der Waals surface area contributed by atoms with Gasteiger partial charge in [-0.1, -0.05) is 23.7 Å². The molecule has 0 amide bonds. The number of ether oxygens (including phenoxy) is 1. The van der Waals surface area contributed by atoms with E-state index >= 15 is 0 Å². The molecule has 4 nitrogen and oxygen atoms in total. The lowest BCUT2D eigenvalue weighted by Gasteiger charge is -2.12. The van der Waals surface area contributed by atoms with Crippen LogP contribution in [0.1, 0.15) is 11.3 Å². The van der Waals surface area contributed by atoms with Crippen molar-refractivity contribution in [3.8, 4) is 5.75 Å². The lowest BCUT2D eigenvalue weighted by molar-refractivity contribution is 0.414. The molecule has 1 aromatic carbocycles. The molecule has 0 bridgehead atoms. The largest absolute Gasteiger partial charge is 0.497 e. The zero-order valence-corrected chi connectivity index (χ0v) is 15.3. The van der Waals surface area contributed by atoms with Gasteiger partial charge in [-0.15, -0.1) is 0 Å². The van der Waals surface area contributed by atoms with Crippen LogP contribution in [-0.2, 0) is 6.54 Å². The Morgan fingerprint density at radius 1 is 1.36 bits per heavy atom. The maximum Gasteiger partial charge on any atom is 0.172 e. The van der Waals surface area contributed by atoms with Crippen LogP contribution in [0.25, 0.3) is 0 Å².